The fourth-order valence-corrected chi connectivity index (χ4v) is 3.04. The normalized spacial score (nSPS) is 20.1. The lowest BCUT2D eigenvalue weighted by Crippen LogP contribution is -2.23. The fourth-order valence-electron chi connectivity index (χ4n) is 3.04. The van der Waals surface area contributed by atoms with Crippen molar-refractivity contribution in [2.45, 2.75) is 70.9 Å². The fraction of sp³-hybridized carbons (Fsp3) is 0.684. The predicted molar refractivity (Wildman–Crippen MR) is 89.8 cm³/mol. The van der Waals surface area contributed by atoms with Gasteiger partial charge in [-0.3, -0.25) is 0 Å². The summed E-state index contributed by atoms with van der Waals surface area (Å²) in [6.45, 7) is 8.77. The molecule has 1 aliphatic rings. The summed E-state index contributed by atoms with van der Waals surface area (Å²) in [6, 6.07) is 9.64. The third-order valence-electron chi connectivity index (χ3n) is 4.45. The highest BCUT2D eigenvalue weighted by atomic mass is 16.5. The van der Waals surface area contributed by atoms with Gasteiger partial charge in [-0.15, -0.1) is 0 Å². The highest BCUT2D eigenvalue weighted by Gasteiger charge is 2.18. The van der Waals surface area contributed by atoms with Crippen molar-refractivity contribution in [2.24, 2.45) is 0 Å². The summed E-state index contributed by atoms with van der Waals surface area (Å²) in [5, 5.41) is 3.70. The van der Waals surface area contributed by atoms with Crippen molar-refractivity contribution in [2.75, 3.05) is 13.2 Å². The van der Waals surface area contributed by atoms with Gasteiger partial charge in [0.1, 0.15) is 0 Å². The maximum atomic E-state index is 5.77. The molecular formula is C19H31NO. The molecule has 1 fully saturated rings. The Bertz CT molecular complexity index is 393. The molecule has 2 atom stereocenters. The van der Waals surface area contributed by atoms with Crippen LogP contribution in [0, 0.1) is 0 Å². The lowest BCUT2D eigenvalue weighted by Gasteiger charge is -2.21. The minimum atomic E-state index is 0.468. The van der Waals surface area contributed by atoms with Crippen molar-refractivity contribution < 1.29 is 4.74 Å². The first-order valence-corrected chi connectivity index (χ1v) is 8.65. The molecule has 1 aromatic carbocycles. The van der Waals surface area contributed by atoms with Crippen LogP contribution in [0.1, 0.15) is 76.0 Å². The lowest BCUT2D eigenvalue weighted by molar-refractivity contribution is 0.0996. The molecule has 0 saturated carbocycles. The second-order valence-electron chi connectivity index (χ2n) is 6.54. The summed E-state index contributed by atoms with van der Waals surface area (Å²) < 4.78 is 5.77. The maximum absolute atomic E-state index is 5.77. The van der Waals surface area contributed by atoms with E-state index in [4.69, 9.17) is 4.74 Å². The van der Waals surface area contributed by atoms with E-state index in [1.807, 2.05) is 0 Å². The van der Waals surface area contributed by atoms with E-state index >= 15 is 0 Å². The molecule has 1 aromatic rings. The molecule has 2 rings (SSSR count). The molecule has 0 bridgehead atoms. The SMILES string of the molecule is CCCNC(CCC1CCCO1)c1ccc(C(C)C)cc1. The van der Waals surface area contributed by atoms with Gasteiger partial charge in [-0.1, -0.05) is 45.0 Å². The minimum Gasteiger partial charge on any atom is -0.378 e. The summed E-state index contributed by atoms with van der Waals surface area (Å²) in [5.74, 6) is 0.605. The van der Waals surface area contributed by atoms with Crippen molar-refractivity contribution in [1.82, 2.24) is 5.32 Å². The molecular weight excluding hydrogens is 258 g/mol. The van der Waals surface area contributed by atoms with Crippen LogP contribution in [0.15, 0.2) is 24.3 Å². The van der Waals surface area contributed by atoms with Gasteiger partial charge in [0.2, 0.25) is 0 Å². The summed E-state index contributed by atoms with van der Waals surface area (Å²) >= 11 is 0. The number of hydrogen-bond acceptors (Lipinski definition) is 2. The van der Waals surface area contributed by atoms with Crippen LogP contribution in [0.4, 0.5) is 0 Å². The Morgan fingerprint density at radius 1 is 1.19 bits per heavy atom. The maximum Gasteiger partial charge on any atom is 0.0576 e. The second kappa shape index (κ2) is 8.55. The average Bonchev–Trinajstić information content (AvgIpc) is 3.01. The van der Waals surface area contributed by atoms with Crippen molar-refractivity contribution >= 4 is 0 Å². The molecule has 21 heavy (non-hydrogen) atoms. The Kier molecular flexibility index (Phi) is 6.72. The Balaban J connectivity index is 1.96. The smallest absolute Gasteiger partial charge is 0.0576 e. The van der Waals surface area contributed by atoms with Crippen molar-refractivity contribution in [3.8, 4) is 0 Å². The Morgan fingerprint density at radius 2 is 1.90 bits per heavy atom. The van der Waals surface area contributed by atoms with Crippen LogP contribution in [0.25, 0.3) is 0 Å². The Labute approximate surface area is 130 Å². The quantitative estimate of drug-likeness (QED) is 0.741. The van der Waals surface area contributed by atoms with E-state index in [-0.39, 0.29) is 0 Å². The van der Waals surface area contributed by atoms with E-state index in [1.165, 1.54) is 43.2 Å². The largest absolute Gasteiger partial charge is 0.378 e. The van der Waals surface area contributed by atoms with Crippen LogP contribution < -0.4 is 5.32 Å². The molecule has 118 valence electrons. The van der Waals surface area contributed by atoms with E-state index in [0.29, 0.717) is 18.1 Å². The highest BCUT2D eigenvalue weighted by molar-refractivity contribution is 5.26. The highest BCUT2D eigenvalue weighted by Crippen LogP contribution is 2.25. The van der Waals surface area contributed by atoms with Gasteiger partial charge in [0.15, 0.2) is 0 Å². The van der Waals surface area contributed by atoms with Gasteiger partial charge in [-0.05, 0) is 55.7 Å². The molecule has 0 amide bonds. The summed E-state index contributed by atoms with van der Waals surface area (Å²) in [4.78, 5) is 0. The number of benzene rings is 1. The van der Waals surface area contributed by atoms with Crippen molar-refractivity contribution in [1.29, 1.82) is 0 Å². The molecule has 0 radical (unpaired) electrons. The van der Waals surface area contributed by atoms with E-state index in [0.717, 1.165) is 13.2 Å². The molecule has 1 aliphatic heterocycles. The van der Waals surface area contributed by atoms with Gasteiger partial charge in [-0.2, -0.15) is 0 Å². The lowest BCUT2D eigenvalue weighted by atomic mass is 9.95. The van der Waals surface area contributed by atoms with E-state index in [1.54, 1.807) is 0 Å². The van der Waals surface area contributed by atoms with Crippen LogP contribution >= 0.6 is 0 Å². The van der Waals surface area contributed by atoms with Crippen molar-refractivity contribution in [3.05, 3.63) is 35.4 Å². The summed E-state index contributed by atoms with van der Waals surface area (Å²) in [5.41, 5.74) is 2.85. The zero-order valence-electron chi connectivity index (χ0n) is 13.9. The van der Waals surface area contributed by atoms with E-state index in [2.05, 4.69) is 50.4 Å². The van der Waals surface area contributed by atoms with E-state index in [9.17, 15) is 0 Å². The number of hydrogen-bond donors (Lipinski definition) is 1. The number of ether oxygens (including phenoxy) is 1. The average molecular weight is 289 g/mol. The van der Waals surface area contributed by atoms with Gasteiger partial charge in [-0.25, -0.2) is 0 Å². The van der Waals surface area contributed by atoms with Crippen LogP contribution in [-0.2, 0) is 4.74 Å². The monoisotopic (exact) mass is 289 g/mol. The standard InChI is InChI=1S/C19H31NO/c1-4-13-20-19(12-11-18-6-5-14-21-18)17-9-7-16(8-10-17)15(2)3/h7-10,15,18-20H,4-6,11-14H2,1-3H3. The first kappa shape index (κ1) is 16.5. The van der Waals surface area contributed by atoms with Gasteiger partial charge >= 0.3 is 0 Å². The third kappa shape index (κ3) is 5.12. The van der Waals surface area contributed by atoms with E-state index < -0.39 is 0 Å². The molecule has 1 heterocycles. The summed E-state index contributed by atoms with van der Waals surface area (Å²) in [6.07, 6.45) is 6.50. The molecule has 2 nitrogen and oxygen atoms in total. The minimum absolute atomic E-state index is 0.468. The zero-order chi connectivity index (χ0) is 15.1. The first-order valence-electron chi connectivity index (χ1n) is 8.65. The first-order chi connectivity index (χ1) is 10.2. The van der Waals surface area contributed by atoms with Crippen molar-refractivity contribution in [3.63, 3.8) is 0 Å². The summed E-state index contributed by atoms with van der Waals surface area (Å²) in [7, 11) is 0. The molecule has 0 spiro atoms. The zero-order valence-corrected chi connectivity index (χ0v) is 13.9. The van der Waals surface area contributed by atoms with Gasteiger partial charge < -0.3 is 10.1 Å². The Hall–Kier alpha value is -0.860. The molecule has 1 N–H and O–H groups in total. The third-order valence-corrected chi connectivity index (χ3v) is 4.45. The van der Waals surface area contributed by atoms with Gasteiger partial charge in [0, 0.05) is 12.6 Å². The molecule has 0 aliphatic carbocycles. The molecule has 2 unspecified atom stereocenters. The van der Waals surface area contributed by atoms with Crippen LogP contribution in [0.2, 0.25) is 0 Å². The van der Waals surface area contributed by atoms with Crippen LogP contribution in [-0.4, -0.2) is 19.3 Å². The van der Waals surface area contributed by atoms with Gasteiger partial charge in [0.25, 0.3) is 0 Å². The molecule has 0 aromatic heterocycles. The molecule has 2 heteroatoms. The number of nitrogens with one attached hydrogen (secondary N) is 1. The van der Waals surface area contributed by atoms with Gasteiger partial charge in [0.05, 0.1) is 6.10 Å². The Morgan fingerprint density at radius 3 is 2.48 bits per heavy atom. The second-order valence-corrected chi connectivity index (χ2v) is 6.54. The van der Waals surface area contributed by atoms with Crippen LogP contribution in [0.5, 0.6) is 0 Å². The predicted octanol–water partition coefficient (Wildman–Crippen LogP) is 4.81. The molecule has 1 saturated heterocycles. The number of rotatable bonds is 8. The topological polar surface area (TPSA) is 21.3 Å². The van der Waals surface area contributed by atoms with Crippen LogP contribution in [0.3, 0.4) is 0 Å².